The number of H-pyrrole nitrogens is 2. The summed E-state index contributed by atoms with van der Waals surface area (Å²) in [6.07, 6.45) is 3.38. The van der Waals surface area contributed by atoms with Crippen molar-refractivity contribution in [1.29, 1.82) is 0 Å². The van der Waals surface area contributed by atoms with Gasteiger partial charge in [0.1, 0.15) is 35.7 Å². The maximum Gasteiger partial charge on any atom is 0.331 e. The van der Waals surface area contributed by atoms with Crippen molar-refractivity contribution in [2.75, 3.05) is 19.1 Å². The monoisotopic (exact) mass is 903 g/mol. The molecular formula is C43H53N9O11S. The molecule has 2 aromatic heterocycles. The van der Waals surface area contributed by atoms with E-state index in [1.807, 2.05) is 38.1 Å². The molecule has 10 N–H and O–H groups in total. The summed E-state index contributed by atoms with van der Waals surface area (Å²) in [7, 11) is 1.48. The number of carbonyl (C=O) groups excluding carboxylic acids is 4. The number of aromatic hydroxyl groups is 1. The molecule has 21 heteroatoms. The Balaban J connectivity index is 1.22. The van der Waals surface area contributed by atoms with Gasteiger partial charge in [-0.2, -0.15) is 11.8 Å². The summed E-state index contributed by atoms with van der Waals surface area (Å²) < 4.78 is 6.75. The number of rotatable bonds is 16. The highest BCUT2D eigenvalue weighted by atomic mass is 32.2. The van der Waals surface area contributed by atoms with Crippen LogP contribution in [-0.4, -0.2) is 120 Å². The summed E-state index contributed by atoms with van der Waals surface area (Å²) in [6, 6.07) is 6.44. The topological polar surface area (TPSA) is 289 Å². The van der Waals surface area contributed by atoms with E-state index in [9.17, 15) is 48.9 Å². The Morgan fingerprint density at radius 1 is 1.03 bits per heavy atom. The van der Waals surface area contributed by atoms with Crippen molar-refractivity contribution >= 4 is 52.4 Å². The van der Waals surface area contributed by atoms with Crippen LogP contribution in [0, 0.1) is 0 Å². The van der Waals surface area contributed by atoms with Gasteiger partial charge in [-0.1, -0.05) is 24.3 Å². The number of aromatic amines is 2. The van der Waals surface area contributed by atoms with E-state index in [0.29, 0.717) is 11.3 Å². The molecule has 2 aliphatic rings. The van der Waals surface area contributed by atoms with Gasteiger partial charge >= 0.3 is 17.7 Å². The molecule has 20 nitrogen and oxygen atoms in total. The number of nitrogens with zero attached hydrogens (tertiary/aromatic N) is 2. The molecule has 0 bridgehead atoms. The van der Waals surface area contributed by atoms with Crippen molar-refractivity contribution in [2.45, 2.75) is 94.5 Å². The van der Waals surface area contributed by atoms with Gasteiger partial charge < -0.3 is 51.2 Å². The number of fused-ring (bicyclic) bond motifs is 2. The number of para-hydroxylation sites is 1. The molecule has 1 saturated heterocycles. The number of carbonyl (C=O) groups is 5. The second-order valence-electron chi connectivity index (χ2n) is 16.4. The number of phenols is 1. The maximum atomic E-state index is 14.3. The first-order valence-corrected chi connectivity index (χ1v) is 21.9. The van der Waals surface area contributed by atoms with Gasteiger partial charge in [-0.05, 0) is 80.5 Å². The van der Waals surface area contributed by atoms with Crippen LogP contribution in [0.2, 0.25) is 0 Å². The molecule has 0 radical (unpaired) electrons. The van der Waals surface area contributed by atoms with Crippen LogP contribution in [0.3, 0.4) is 0 Å². The molecule has 1 fully saturated rings. The van der Waals surface area contributed by atoms with Crippen molar-refractivity contribution in [1.82, 2.24) is 46.0 Å². The predicted molar refractivity (Wildman–Crippen MR) is 236 cm³/mol. The number of amides is 5. The third-order valence-electron chi connectivity index (χ3n) is 11.5. The third kappa shape index (κ3) is 10.8. The second kappa shape index (κ2) is 19.9. The largest absolute Gasteiger partial charge is 0.508 e. The first-order valence-electron chi connectivity index (χ1n) is 20.5. The molecule has 342 valence electrons. The van der Waals surface area contributed by atoms with Gasteiger partial charge in [0.15, 0.2) is 0 Å². The highest BCUT2D eigenvalue weighted by Crippen LogP contribution is 2.33. The van der Waals surface area contributed by atoms with E-state index in [1.165, 1.54) is 23.7 Å². The molecule has 0 spiro atoms. The number of ether oxygens (including phenoxy) is 1. The Kier molecular flexibility index (Phi) is 14.6. The molecule has 5 unspecified atom stereocenters. The number of hydrogen-bond acceptors (Lipinski definition) is 12. The van der Waals surface area contributed by atoms with E-state index in [0.717, 1.165) is 45.1 Å². The SMILES string of the molecule is CSCCC(NC(=O)NC(Cc1c[nH]c2ccccc12)C(=O)O)C(=O)NC(C(=O)N/C=C1\C[C@H](O)[C@@H](n2ccc(=O)[nH]c2=O)O1)C(C)N(C)C(=O)C1Cc2cc(O)ccc2C(C)(C)N1. The van der Waals surface area contributed by atoms with Crippen LogP contribution in [0.4, 0.5) is 4.79 Å². The molecule has 2 aliphatic heterocycles. The van der Waals surface area contributed by atoms with E-state index in [2.05, 4.69) is 36.6 Å². The van der Waals surface area contributed by atoms with Gasteiger partial charge in [-0.3, -0.25) is 34.0 Å². The van der Waals surface area contributed by atoms with Crippen LogP contribution < -0.4 is 37.8 Å². The predicted octanol–water partition coefficient (Wildman–Crippen LogP) is 0.859. The number of aromatic nitrogens is 3. The number of hydrogen-bond donors (Lipinski definition) is 10. The molecule has 7 atom stereocenters. The van der Waals surface area contributed by atoms with Gasteiger partial charge in [0.25, 0.3) is 5.56 Å². The zero-order chi connectivity index (χ0) is 46.5. The number of thioether (sulfide) groups is 1. The number of carboxylic acids is 1. The smallest absolute Gasteiger partial charge is 0.331 e. The van der Waals surface area contributed by atoms with Gasteiger partial charge in [0.2, 0.25) is 23.9 Å². The fraction of sp³-hybridized carbons (Fsp3) is 0.419. The first kappa shape index (κ1) is 46.9. The van der Waals surface area contributed by atoms with E-state index in [1.54, 1.807) is 37.6 Å². The van der Waals surface area contributed by atoms with Crippen LogP contribution in [0.1, 0.15) is 56.5 Å². The number of nitrogens with one attached hydrogen (secondary N) is 7. The molecule has 4 aromatic rings. The summed E-state index contributed by atoms with van der Waals surface area (Å²) in [5.41, 5.74) is 0.949. The zero-order valence-corrected chi connectivity index (χ0v) is 36.7. The van der Waals surface area contributed by atoms with Crippen molar-refractivity contribution < 1.29 is 44.0 Å². The number of likely N-dealkylation sites (N-methyl/N-ethyl adjacent to an activating group) is 1. The third-order valence-corrected chi connectivity index (χ3v) is 12.1. The average Bonchev–Trinajstić information content (AvgIpc) is 3.83. The molecule has 4 heterocycles. The highest BCUT2D eigenvalue weighted by Gasteiger charge is 2.41. The average molecular weight is 904 g/mol. The molecule has 5 amide bonds. The summed E-state index contributed by atoms with van der Waals surface area (Å²) >= 11 is 1.39. The Morgan fingerprint density at radius 2 is 1.77 bits per heavy atom. The van der Waals surface area contributed by atoms with Crippen molar-refractivity contribution in [2.24, 2.45) is 0 Å². The first-order chi connectivity index (χ1) is 30.4. The molecular weight excluding hydrogens is 851 g/mol. The minimum atomic E-state index is -1.48. The minimum absolute atomic E-state index is 0.0415. The summed E-state index contributed by atoms with van der Waals surface area (Å²) in [5, 5.41) is 45.5. The molecule has 2 aromatic carbocycles. The fourth-order valence-electron chi connectivity index (χ4n) is 8.00. The van der Waals surface area contributed by atoms with Crippen molar-refractivity contribution in [3.05, 3.63) is 110 Å². The number of urea groups is 1. The van der Waals surface area contributed by atoms with Crippen LogP contribution in [0.25, 0.3) is 10.9 Å². The lowest BCUT2D eigenvalue weighted by atomic mass is 9.82. The van der Waals surface area contributed by atoms with Gasteiger partial charge in [-0.15, -0.1) is 0 Å². The van der Waals surface area contributed by atoms with Crippen LogP contribution in [0.5, 0.6) is 5.75 Å². The molecule has 0 saturated carbocycles. The lowest BCUT2D eigenvalue weighted by molar-refractivity contribution is -0.139. The normalized spacial score (nSPS) is 20.2. The van der Waals surface area contributed by atoms with Gasteiger partial charge in [-0.25, -0.2) is 14.4 Å². The molecule has 0 aliphatic carbocycles. The Hall–Kier alpha value is -6.58. The van der Waals surface area contributed by atoms with Crippen LogP contribution in [0.15, 0.2) is 82.5 Å². The van der Waals surface area contributed by atoms with E-state index in [-0.39, 0.29) is 37.2 Å². The number of carboxylic acid groups (broad SMARTS) is 1. The number of aliphatic hydroxyl groups excluding tert-OH is 1. The van der Waals surface area contributed by atoms with E-state index in [4.69, 9.17) is 4.74 Å². The summed E-state index contributed by atoms with van der Waals surface area (Å²) in [5.74, 6) is -2.88. The Morgan fingerprint density at radius 3 is 2.48 bits per heavy atom. The van der Waals surface area contributed by atoms with Gasteiger partial charge in [0, 0.05) is 61.0 Å². The maximum absolute atomic E-state index is 14.3. The lowest BCUT2D eigenvalue weighted by Crippen LogP contribution is -2.63. The van der Waals surface area contributed by atoms with Gasteiger partial charge in [0.05, 0.1) is 12.1 Å². The number of aliphatic carboxylic acids is 1. The van der Waals surface area contributed by atoms with Crippen LogP contribution in [-0.2, 0) is 42.3 Å². The second-order valence-corrected chi connectivity index (χ2v) is 17.4. The Labute approximate surface area is 371 Å². The summed E-state index contributed by atoms with van der Waals surface area (Å²) in [6.45, 7) is 5.35. The fourth-order valence-corrected chi connectivity index (χ4v) is 8.47. The zero-order valence-electron chi connectivity index (χ0n) is 35.8. The van der Waals surface area contributed by atoms with Crippen LogP contribution >= 0.6 is 11.8 Å². The highest BCUT2D eigenvalue weighted by molar-refractivity contribution is 7.98. The van der Waals surface area contributed by atoms with Crippen molar-refractivity contribution in [3.8, 4) is 5.75 Å². The van der Waals surface area contributed by atoms with Crippen molar-refractivity contribution in [3.63, 3.8) is 0 Å². The number of phenolic OH excluding ortho intramolecular Hbond substituents is 1. The van der Waals surface area contributed by atoms with E-state index >= 15 is 0 Å². The number of benzene rings is 2. The van der Waals surface area contributed by atoms with E-state index < -0.39 is 89.1 Å². The number of aliphatic hydroxyl groups is 1. The quantitative estimate of drug-likeness (QED) is 0.0748. The Bertz CT molecular complexity index is 2550. The standard InChI is InChI=1S/C43H53N9O11S/c1-22(51(4)38(58)31-17-23-16-25(53)10-11-28(23)43(2,3)50-31)35(37(57)45-21-26-19-33(54)39(63-26)52-14-12-34(55)48-42(52)62)49-36(56)30(13-15-64-5)46-41(61)47-32(40(59)60)18-24-20-44-29-9-7-6-8-27(24)29/h6-12,14,16,20-22,30-33,35,39,44,50,53-54H,13,15,17-19H2,1-5H3,(H,45,57)(H,49,56)(H,59,60)(H2,46,47,61)(H,48,55,62)/b26-21+/t22?,30?,31?,32?,33-,35?,39-/m0/s1. The molecule has 64 heavy (non-hydrogen) atoms. The minimum Gasteiger partial charge on any atom is -0.508 e. The molecule has 6 rings (SSSR count). The summed E-state index contributed by atoms with van der Waals surface area (Å²) in [4.78, 5) is 98.9. The lowest BCUT2D eigenvalue weighted by Gasteiger charge is -2.41.